The van der Waals surface area contributed by atoms with Crippen molar-refractivity contribution < 1.29 is 22.7 Å². The van der Waals surface area contributed by atoms with E-state index < -0.39 is 21.8 Å². The Morgan fingerprint density at radius 3 is 2.46 bits per heavy atom. The van der Waals surface area contributed by atoms with Gasteiger partial charge in [-0.1, -0.05) is 6.07 Å². The van der Waals surface area contributed by atoms with Gasteiger partial charge in [-0.3, -0.25) is 0 Å². The summed E-state index contributed by atoms with van der Waals surface area (Å²) in [6, 6.07) is 8.13. The summed E-state index contributed by atoms with van der Waals surface area (Å²) in [5.41, 5.74) is 1.76. The fraction of sp³-hybridized carbons (Fsp3) is 0.235. The van der Waals surface area contributed by atoms with Crippen molar-refractivity contribution >= 4 is 16.0 Å². The molecule has 2 rings (SSSR count). The number of hydrogen-bond donors (Lipinski definition) is 1. The fourth-order valence-electron chi connectivity index (χ4n) is 2.34. The van der Waals surface area contributed by atoms with Crippen molar-refractivity contribution in [1.82, 2.24) is 4.31 Å². The van der Waals surface area contributed by atoms with Gasteiger partial charge >= 0.3 is 5.97 Å². The van der Waals surface area contributed by atoms with Crippen molar-refractivity contribution in [3.63, 3.8) is 0 Å². The van der Waals surface area contributed by atoms with Crippen LogP contribution in [0.4, 0.5) is 4.39 Å². The van der Waals surface area contributed by atoms with Crippen LogP contribution in [0.2, 0.25) is 0 Å². The van der Waals surface area contributed by atoms with Crippen molar-refractivity contribution in [3.8, 4) is 0 Å². The largest absolute Gasteiger partial charge is 0.478 e. The highest BCUT2D eigenvalue weighted by Crippen LogP contribution is 2.21. The van der Waals surface area contributed by atoms with Crippen LogP contribution >= 0.6 is 0 Å². The van der Waals surface area contributed by atoms with Crippen LogP contribution in [0.3, 0.4) is 0 Å². The summed E-state index contributed by atoms with van der Waals surface area (Å²) in [6.45, 7) is 3.38. The van der Waals surface area contributed by atoms with E-state index in [1.54, 1.807) is 19.9 Å². The number of hydrogen-bond acceptors (Lipinski definition) is 3. The van der Waals surface area contributed by atoms with Crippen LogP contribution in [0.5, 0.6) is 0 Å². The zero-order chi connectivity index (χ0) is 18.1. The highest BCUT2D eigenvalue weighted by Gasteiger charge is 2.23. The van der Waals surface area contributed by atoms with E-state index in [4.69, 9.17) is 5.11 Å². The molecule has 0 aliphatic rings. The van der Waals surface area contributed by atoms with Crippen molar-refractivity contribution in [2.75, 3.05) is 7.05 Å². The quantitative estimate of drug-likeness (QED) is 0.899. The Morgan fingerprint density at radius 1 is 1.17 bits per heavy atom. The molecule has 0 atom stereocenters. The van der Waals surface area contributed by atoms with E-state index in [0.717, 1.165) is 15.9 Å². The Kier molecular flexibility index (Phi) is 5.05. The molecule has 7 heteroatoms. The maximum atomic E-state index is 13.4. The minimum absolute atomic E-state index is 0.0116. The molecular weight excluding hydrogens is 333 g/mol. The summed E-state index contributed by atoms with van der Waals surface area (Å²) in [5.74, 6) is -1.64. The number of halogens is 1. The lowest BCUT2D eigenvalue weighted by atomic mass is 10.1. The summed E-state index contributed by atoms with van der Waals surface area (Å²) < 4.78 is 39.9. The van der Waals surface area contributed by atoms with Crippen LogP contribution in [0.15, 0.2) is 41.3 Å². The lowest BCUT2D eigenvalue weighted by Crippen LogP contribution is -2.27. The molecule has 0 unspecified atom stereocenters. The van der Waals surface area contributed by atoms with E-state index in [9.17, 15) is 17.6 Å². The Hall–Kier alpha value is -2.25. The number of sulfonamides is 1. The first kappa shape index (κ1) is 18.1. The first-order chi connectivity index (χ1) is 11.1. The lowest BCUT2D eigenvalue weighted by Gasteiger charge is -2.19. The zero-order valence-corrected chi connectivity index (χ0v) is 14.4. The Labute approximate surface area is 140 Å². The monoisotopic (exact) mass is 351 g/mol. The topological polar surface area (TPSA) is 74.7 Å². The van der Waals surface area contributed by atoms with Crippen molar-refractivity contribution in [3.05, 3.63) is 64.5 Å². The number of rotatable bonds is 5. The molecule has 0 aromatic heterocycles. The Balaban J connectivity index is 2.39. The van der Waals surface area contributed by atoms with E-state index in [0.29, 0.717) is 11.1 Å². The van der Waals surface area contributed by atoms with Gasteiger partial charge in [-0.25, -0.2) is 17.6 Å². The highest BCUT2D eigenvalue weighted by molar-refractivity contribution is 7.89. The van der Waals surface area contributed by atoms with Crippen molar-refractivity contribution in [1.29, 1.82) is 0 Å². The SMILES string of the molecule is Cc1cc(C(=O)O)cc(S(=O)(=O)N(C)Cc2cc(F)ccc2C)c1. The number of carbonyl (C=O) groups is 1. The molecule has 128 valence electrons. The normalized spacial score (nSPS) is 11.7. The van der Waals surface area contributed by atoms with E-state index in [-0.39, 0.29) is 17.0 Å². The predicted octanol–water partition coefficient (Wildman–Crippen LogP) is 2.96. The van der Waals surface area contributed by atoms with Gasteiger partial charge in [0.05, 0.1) is 10.5 Å². The smallest absolute Gasteiger partial charge is 0.335 e. The molecule has 0 radical (unpaired) electrons. The summed E-state index contributed by atoms with van der Waals surface area (Å²) in [4.78, 5) is 11.0. The highest BCUT2D eigenvalue weighted by atomic mass is 32.2. The number of benzene rings is 2. The van der Waals surface area contributed by atoms with Gasteiger partial charge in [-0.15, -0.1) is 0 Å². The number of carboxylic acids is 1. The van der Waals surface area contributed by atoms with Gasteiger partial charge in [0, 0.05) is 13.6 Å². The molecule has 5 nitrogen and oxygen atoms in total. The van der Waals surface area contributed by atoms with E-state index in [1.165, 1.54) is 31.3 Å². The number of aromatic carboxylic acids is 1. The average Bonchev–Trinajstić information content (AvgIpc) is 2.50. The molecule has 0 aliphatic heterocycles. The average molecular weight is 351 g/mol. The van der Waals surface area contributed by atoms with Gasteiger partial charge in [-0.05, 0) is 60.9 Å². The predicted molar refractivity (Wildman–Crippen MR) is 87.9 cm³/mol. The van der Waals surface area contributed by atoms with E-state index in [1.807, 2.05) is 0 Å². The first-order valence-corrected chi connectivity index (χ1v) is 8.61. The third-order valence-corrected chi connectivity index (χ3v) is 5.49. The summed E-state index contributed by atoms with van der Waals surface area (Å²) >= 11 is 0. The molecule has 0 aliphatic carbocycles. The molecule has 24 heavy (non-hydrogen) atoms. The van der Waals surface area contributed by atoms with Crippen LogP contribution in [-0.2, 0) is 16.6 Å². The summed E-state index contributed by atoms with van der Waals surface area (Å²) in [6.07, 6.45) is 0. The number of nitrogens with zero attached hydrogens (tertiary/aromatic N) is 1. The summed E-state index contributed by atoms with van der Waals surface area (Å²) in [7, 11) is -2.52. The third kappa shape index (κ3) is 3.80. The van der Waals surface area contributed by atoms with Crippen LogP contribution in [0.1, 0.15) is 27.0 Å². The Morgan fingerprint density at radius 2 is 1.83 bits per heavy atom. The van der Waals surface area contributed by atoms with E-state index in [2.05, 4.69) is 0 Å². The van der Waals surface area contributed by atoms with E-state index >= 15 is 0 Å². The van der Waals surface area contributed by atoms with Gasteiger partial charge in [0.25, 0.3) is 0 Å². The van der Waals surface area contributed by atoms with Crippen LogP contribution < -0.4 is 0 Å². The minimum atomic E-state index is -3.90. The molecular formula is C17H18FNO4S. The zero-order valence-electron chi connectivity index (χ0n) is 13.6. The van der Waals surface area contributed by atoms with Crippen molar-refractivity contribution in [2.45, 2.75) is 25.3 Å². The molecule has 0 heterocycles. The fourth-order valence-corrected chi connectivity index (χ4v) is 3.62. The van der Waals surface area contributed by atoms with Gasteiger partial charge < -0.3 is 5.11 Å². The second-order valence-electron chi connectivity index (χ2n) is 5.67. The molecule has 0 bridgehead atoms. The molecule has 0 fully saturated rings. The first-order valence-electron chi connectivity index (χ1n) is 7.17. The molecule has 0 spiro atoms. The Bertz CT molecular complexity index is 893. The summed E-state index contributed by atoms with van der Waals surface area (Å²) in [5, 5.41) is 9.09. The number of aryl methyl sites for hydroxylation is 2. The molecule has 0 saturated carbocycles. The molecule has 1 N–H and O–H groups in total. The maximum absolute atomic E-state index is 13.4. The van der Waals surface area contributed by atoms with Gasteiger partial charge in [-0.2, -0.15) is 4.31 Å². The third-order valence-electron chi connectivity index (χ3n) is 3.71. The molecule has 2 aromatic carbocycles. The van der Waals surface area contributed by atoms with Crippen LogP contribution in [0, 0.1) is 19.7 Å². The molecule has 0 saturated heterocycles. The lowest BCUT2D eigenvalue weighted by molar-refractivity contribution is 0.0696. The van der Waals surface area contributed by atoms with Gasteiger partial charge in [0.15, 0.2) is 0 Å². The van der Waals surface area contributed by atoms with Crippen LogP contribution in [-0.4, -0.2) is 30.8 Å². The maximum Gasteiger partial charge on any atom is 0.335 e. The van der Waals surface area contributed by atoms with Crippen LogP contribution in [0.25, 0.3) is 0 Å². The second kappa shape index (κ2) is 6.70. The van der Waals surface area contributed by atoms with Gasteiger partial charge in [0.2, 0.25) is 10.0 Å². The molecule has 0 amide bonds. The number of carboxylic acid groups (broad SMARTS) is 1. The van der Waals surface area contributed by atoms with Crippen molar-refractivity contribution in [2.24, 2.45) is 0 Å². The standard InChI is InChI=1S/C17H18FNO4S/c1-11-6-13(17(20)21)9-16(7-11)24(22,23)19(3)10-14-8-15(18)5-4-12(14)2/h4-9H,10H2,1-3H3,(H,20,21). The second-order valence-corrected chi connectivity index (χ2v) is 7.72. The molecule has 2 aromatic rings. The van der Waals surface area contributed by atoms with Gasteiger partial charge in [0.1, 0.15) is 5.82 Å². The minimum Gasteiger partial charge on any atom is -0.478 e.